The summed E-state index contributed by atoms with van der Waals surface area (Å²) in [4.78, 5) is 11.1. The zero-order chi connectivity index (χ0) is 13.2. The van der Waals surface area contributed by atoms with E-state index in [2.05, 4.69) is 33.9 Å². The van der Waals surface area contributed by atoms with Crippen LogP contribution in [0.1, 0.15) is 34.6 Å². The molecule has 0 aliphatic carbocycles. The number of aliphatic hydroxyl groups is 1. The lowest BCUT2D eigenvalue weighted by molar-refractivity contribution is -0.158. The van der Waals surface area contributed by atoms with E-state index in [9.17, 15) is 4.79 Å². The van der Waals surface area contributed by atoms with Crippen LogP contribution in [0.25, 0.3) is 0 Å². The second-order valence-corrected chi connectivity index (χ2v) is 12.3. The quantitative estimate of drug-likeness (QED) is 0.613. The lowest BCUT2D eigenvalue weighted by Gasteiger charge is -2.42. The van der Waals surface area contributed by atoms with Gasteiger partial charge in [0, 0.05) is 0 Å². The van der Waals surface area contributed by atoms with Gasteiger partial charge in [-0.1, -0.05) is 33.9 Å². The van der Waals surface area contributed by atoms with Gasteiger partial charge in [0.25, 0.3) is 0 Å². The van der Waals surface area contributed by atoms with Crippen molar-refractivity contribution in [2.24, 2.45) is 0 Å². The van der Waals surface area contributed by atoms with Crippen LogP contribution >= 0.6 is 0 Å². The molecule has 0 aliphatic heterocycles. The van der Waals surface area contributed by atoms with Gasteiger partial charge in [-0.25, -0.2) is 4.79 Å². The van der Waals surface area contributed by atoms with E-state index in [0.717, 1.165) is 6.04 Å². The molecule has 0 aliphatic rings. The Labute approximate surface area is 100 Å². The van der Waals surface area contributed by atoms with Crippen LogP contribution in [0.3, 0.4) is 0 Å². The fraction of sp³-hybridized carbons (Fsp3) is 0.917. The Balaban J connectivity index is 4.64. The Hall–Kier alpha value is -0.353. The third-order valence-corrected chi connectivity index (χ3v) is 9.21. The summed E-state index contributed by atoms with van der Waals surface area (Å²) in [6, 6.07) is 0.898. The second kappa shape index (κ2) is 4.88. The average Bonchev–Trinajstić information content (AvgIpc) is 1.98. The molecule has 0 bridgehead atoms. The van der Waals surface area contributed by atoms with Gasteiger partial charge in [0.05, 0.1) is 8.07 Å². The van der Waals surface area contributed by atoms with Gasteiger partial charge in [-0.15, -0.1) is 0 Å². The predicted octanol–water partition coefficient (Wildman–Crippen LogP) is 2.81. The Morgan fingerprint density at radius 1 is 1.19 bits per heavy atom. The molecule has 4 heteroatoms. The second-order valence-electron chi connectivity index (χ2n) is 6.70. The smallest absolute Gasteiger partial charge is 0.332 e. The molecule has 0 saturated heterocycles. The van der Waals surface area contributed by atoms with Crippen molar-refractivity contribution in [1.29, 1.82) is 0 Å². The van der Waals surface area contributed by atoms with E-state index in [1.807, 2.05) is 13.8 Å². The van der Waals surface area contributed by atoms with Crippen molar-refractivity contribution in [3.05, 3.63) is 0 Å². The van der Waals surface area contributed by atoms with Crippen molar-refractivity contribution in [2.75, 3.05) is 6.61 Å². The summed E-state index contributed by atoms with van der Waals surface area (Å²) in [7, 11) is -1.48. The molecule has 0 rings (SSSR count). The molecule has 0 radical (unpaired) electrons. The van der Waals surface area contributed by atoms with Crippen molar-refractivity contribution >= 4 is 14.0 Å². The normalized spacial score (nSPS) is 13.8. The van der Waals surface area contributed by atoms with E-state index in [1.165, 1.54) is 0 Å². The van der Waals surface area contributed by atoms with Crippen LogP contribution in [-0.4, -0.2) is 31.4 Å². The summed E-state index contributed by atoms with van der Waals surface area (Å²) in [5.41, 5.74) is -0.483. The van der Waals surface area contributed by atoms with E-state index in [4.69, 9.17) is 9.84 Å². The zero-order valence-electron chi connectivity index (χ0n) is 11.7. The molecule has 0 unspecified atom stereocenters. The fourth-order valence-electron chi connectivity index (χ4n) is 1.71. The van der Waals surface area contributed by atoms with E-state index < -0.39 is 26.3 Å². The van der Waals surface area contributed by atoms with E-state index in [0.29, 0.717) is 0 Å². The van der Waals surface area contributed by atoms with Crippen molar-refractivity contribution < 1.29 is 14.6 Å². The van der Waals surface area contributed by atoms with Crippen molar-refractivity contribution in [2.45, 2.75) is 64.4 Å². The molecule has 0 amide bonds. The van der Waals surface area contributed by atoms with Crippen LogP contribution < -0.4 is 0 Å². The molecule has 1 N–H and O–H groups in total. The summed E-state index contributed by atoms with van der Waals surface area (Å²) in [5.74, 6) is -0.538. The summed E-state index contributed by atoms with van der Waals surface area (Å²) >= 11 is 0. The van der Waals surface area contributed by atoms with Crippen molar-refractivity contribution in [3.8, 4) is 0 Å². The maximum atomic E-state index is 11.1. The van der Waals surface area contributed by atoms with Crippen molar-refractivity contribution in [3.63, 3.8) is 0 Å². The van der Waals surface area contributed by atoms with Crippen LogP contribution in [0.4, 0.5) is 0 Å². The fourth-order valence-corrected chi connectivity index (χ4v) is 4.44. The number of hydrogen-bond acceptors (Lipinski definition) is 3. The molecule has 0 saturated carbocycles. The van der Waals surface area contributed by atoms with Gasteiger partial charge in [-0.05, 0) is 24.9 Å². The number of aliphatic hydroxyl groups excluding tert-OH is 1. The lowest BCUT2D eigenvalue weighted by Crippen LogP contribution is -2.45. The zero-order valence-corrected chi connectivity index (χ0v) is 12.7. The van der Waals surface area contributed by atoms with Gasteiger partial charge >= 0.3 is 5.97 Å². The van der Waals surface area contributed by atoms with Crippen LogP contribution in [0.2, 0.25) is 24.2 Å². The number of rotatable bonds is 4. The molecule has 16 heavy (non-hydrogen) atoms. The summed E-state index contributed by atoms with van der Waals surface area (Å²) in [6.07, 6.45) is 0. The topological polar surface area (TPSA) is 46.5 Å². The Morgan fingerprint density at radius 2 is 1.62 bits per heavy atom. The molecule has 0 fully saturated rings. The molecule has 3 nitrogen and oxygen atoms in total. The Bertz CT molecular complexity index is 251. The number of carbonyl (C=O) groups is 1. The molecule has 0 heterocycles. The van der Waals surface area contributed by atoms with Crippen LogP contribution in [0.15, 0.2) is 0 Å². The number of hydrogen-bond donors (Lipinski definition) is 1. The van der Waals surface area contributed by atoms with Crippen LogP contribution in [0.5, 0.6) is 0 Å². The molecule has 0 spiro atoms. The molecule has 0 aromatic carbocycles. The molecule has 0 aromatic heterocycles. The Morgan fingerprint density at radius 3 is 1.94 bits per heavy atom. The monoisotopic (exact) mass is 246 g/mol. The number of esters is 1. The first-order valence-corrected chi connectivity index (χ1v) is 8.95. The van der Waals surface area contributed by atoms with Crippen molar-refractivity contribution in [1.82, 2.24) is 0 Å². The minimum Gasteiger partial charge on any atom is -0.458 e. The largest absolute Gasteiger partial charge is 0.458 e. The molecular weight excluding hydrogens is 220 g/mol. The molecule has 0 aromatic rings. The molecular formula is C12H26O3Si. The summed E-state index contributed by atoms with van der Waals surface area (Å²) in [5, 5.41) is 8.97. The standard InChI is InChI=1S/C12H26O3Si/c1-11(2,3)16(6,7)9-12(4,5)15-10(14)8-13/h13H,8-9H2,1-7H3. The summed E-state index contributed by atoms with van der Waals surface area (Å²) in [6.45, 7) is 14.6. The first kappa shape index (κ1) is 15.6. The van der Waals surface area contributed by atoms with Gasteiger partial charge in [0.1, 0.15) is 12.2 Å². The highest BCUT2D eigenvalue weighted by molar-refractivity contribution is 6.80. The number of ether oxygens (including phenoxy) is 1. The predicted molar refractivity (Wildman–Crippen MR) is 69.3 cm³/mol. The van der Waals surface area contributed by atoms with Gasteiger partial charge in [-0.2, -0.15) is 0 Å². The number of carbonyl (C=O) groups excluding carboxylic acids is 1. The van der Waals surface area contributed by atoms with Gasteiger partial charge in [-0.3, -0.25) is 0 Å². The first-order valence-electron chi connectivity index (χ1n) is 5.74. The highest BCUT2D eigenvalue weighted by Crippen LogP contribution is 2.42. The highest BCUT2D eigenvalue weighted by Gasteiger charge is 2.41. The minimum atomic E-state index is -1.48. The first-order chi connectivity index (χ1) is 6.91. The SMILES string of the molecule is CC(C)(C[Si](C)(C)C(C)(C)C)OC(=O)CO. The Kier molecular flexibility index (Phi) is 4.77. The van der Waals surface area contributed by atoms with Gasteiger partial charge < -0.3 is 9.84 Å². The lowest BCUT2D eigenvalue weighted by atomic mass is 10.2. The maximum absolute atomic E-state index is 11.1. The maximum Gasteiger partial charge on any atom is 0.332 e. The molecule has 0 atom stereocenters. The van der Waals surface area contributed by atoms with Crippen LogP contribution in [-0.2, 0) is 9.53 Å². The van der Waals surface area contributed by atoms with E-state index >= 15 is 0 Å². The molecule has 96 valence electrons. The van der Waals surface area contributed by atoms with Gasteiger partial charge in [0.15, 0.2) is 0 Å². The van der Waals surface area contributed by atoms with E-state index in [1.54, 1.807) is 0 Å². The summed E-state index contributed by atoms with van der Waals surface area (Å²) < 4.78 is 5.26. The highest BCUT2D eigenvalue weighted by atomic mass is 28.3. The van der Waals surface area contributed by atoms with Gasteiger partial charge in [0.2, 0.25) is 0 Å². The minimum absolute atomic E-state index is 0.274. The third-order valence-electron chi connectivity index (χ3n) is 3.42. The van der Waals surface area contributed by atoms with E-state index in [-0.39, 0.29) is 5.04 Å². The third kappa shape index (κ3) is 4.66. The average molecular weight is 246 g/mol. The van der Waals surface area contributed by atoms with Crippen LogP contribution in [0, 0.1) is 0 Å².